The van der Waals surface area contributed by atoms with Gasteiger partial charge in [0.15, 0.2) is 6.61 Å². The number of halogens is 1. The van der Waals surface area contributed by atoms with Crippen LogP contribution in [-0.4, -0.2) is 30.0 Å². The molecule has 4 atom stereocenters. The second kappa shape index (κ2) is 7.01. The van der Waals surface area contributed by atoms with Crippen molar-refractivity contribution in [3.63, 3.8) is 0 Å². The molecule has 1 aromatic carbocycles. The number of ether oxygens (including phenoxy) is 2. The molecule has 2 unspecified atom stereocenters. The molecule has 0 heterocycles. The quantitative estimate of drug-likeness (QED) is 0.584. The normalized spacial score (nSPS) is 33.6. The van der Waals surface area contributed by atoms with E-state index in [9.17, 15) is 9.59 Å². The van der Waals surface area contributed by atoms with Gasteiger partial charge in [-0.1, -0.05) is 12.1 Å². The summed E-state index contributed by atoms with van der Waals surface area (Å²) in [5.41, 5.74) is 0.0879. The van der Waals surface area contributed by atoms with Crippen molar-refractivity contribution in [1.82, 2.24) is 0 Å². The largest absolute Gasteiger partial charge is 0.492 e. The minimum atomic E-state index is -0.491. The fourth-order valence-electron chi connectivity index (χ4n) is 5.71. The maximum Gasteiger partial charge on any atom is 0.312 e. The zero-order chi connectivity index (χ0) is 19.1. The Bertz CT molecular complexity index is 735. The van der Waals surface area contributed by atoms with Crippen LogP contribution in [0.25, 0.3) is 0 Å². The summed E-state index contributed by atoms with van der Waals surface area (Å²) in [6.07, 6.45) is 5.58. The van der Waals surface area contributed by atoms with Crippen LogP contribution in [0.1, 0.15) is 45.4 Å². The van der Waals surface area contributed by atoms with Crippen molar-refractivity contribution in [2.45, 2.75) is 50.3 Å². The topological polar surface area (TPSA) is 64.6 Å². The third-order valence-corrected chi connectivity index (χ3v) is 6.66. The zero-order valence-electron chi connectivity index (χ0n) is 15.6. The maximum absolute atomic E-state index is 12.9. The average Bonchev–Trinajstić information content (AvgIpc) is 2.59. The number of esters is 1. The zero-order valence-corrected chi connectivity index (χ0v) is 16.4. The number of alkyl halides is 1. The number of hydrogen-bond acceptors (Lipinski definition) is 4. The van der Waals surface area contributed by atoms with E-state index in [-0.39, 0.29) is 23.4 Å². The predicted octanol–water partition coefficient (Wildman–Crippen LogP) is 4.14. The van der Waals surface area contributed by atoms with Gasteiger partial charge in [-0.3, -0.25) is 9.59 Å². The molecule has 4 fully saturated rings. The van der Waals surface area contributed by atoms with Gasteiger partial charge in [-0.05, 0) is 69.4 Å². The van der Waals surface area contributed by atoms with Gasteiger partial charge in [0.25, 0.3) is 5.91 Å². The van der Waals surface area contributed by atoms with E-state index in [2.05, 4.69) is 5.32 Å². The molecule has 1 aromatic rings. The summed E-state index contributed by atoms with van der Waals surface area (Å²) >= 11 is 6.78. The molecule has 1 amide bonds. The van der Waals surface area contributed by atoms with Gasteiger partial charge in [0.2, 0.25) is 0 Å². The fraction of sp³-hybridized carbons (Fsp3) is 0.619. The Morgan fingerprint density at radius 3 is 2.56 bits per heavy atom. The Hall–Kier alpha value is -1.75. The summed E-state index contributed by atoms with van der Waals surface area (Å²) in [7, 11) is 0. The van der Waals surface area contributed by atoms with Crippen molar-refractivity contribution in [2.75, 3.05) is 18.5 Å². The van der Waals surface area contributed by atoms with E-state index in [4.69, 9.17) is 21.1 Å². The number of carbonyl (C=O) groups excluding carboxylic acids is 2. The summed E-state index contributed by atoms with van der Waals surface area (Å²) in [4.78, 5) is 24.9. The third kappa shape index (κ3) is 3.66. The Kier molecular flexibility index (Phi) is 4.83. The number of para-hydroxylation sites is 2. The first kappa shape index (κ1) is 18.6. The number of benzene rings is 1. The molecule has 4 aliphatic rings. The van der Waals surface area contributed by atoms with E-state index in [0.717, 1.165) is 25.7 Å². The molecule has 27 heavy (non-hydrogen) atoms. The molecule has 1 N–H and O–H groups in total. The lowest BCUT2D eigenvalue weighted by Gasteiger charge is -2.58. The molecule has 0 saturated heterocycles. The molecule has 0 radical (unpaired) electrons. The number of amides is 1. The molecule has 4 bridgehead atoms. The molecule has 6 heteroatoms. The highest BCUT2D eigenvalue weighted by Gasteiger charge is 2.60. The van der Waals surface area contributed by atoms with E-state index >= 15 is 0 Å². The minimum Gasteiger partial charge on any atom is -0.492 e. The van der Waals surface area contributed by atoms with Gasteiger partial charge in [0.05, 0.1) is 17.7 Å². The average molecular weight is 392 g/mol. The number of hydrogen-bond donors (Lipinski definition) is 1. The lowest BCUT2D eigenvalue weighted by molar-refractivity contribution is -0.171. The van der Waals surface area contributed by atoms with E-state index in [1.807, 2.05) is 19.1 Å². The predicted molar refractivity (Wildman–Crippen MR) is 103 cm³/mol. The summed E-state index contributed by atoms with van der Waals surface area (Å²) in [6.45, 7) is 2.11. The van der Waals surface area contributed by atoms with Gasteiger partial charge >= 0.3 is 5.97 Å². The highest BCUT2D eigenvalue weighted by Crippen LogP contribution is 2.64. The summed E-state index contributed by atoms with van der Waals surface area (Å²) in [5, 5.41) is 2.76. The first-order valence-electron chi connectivity index (χ1n) is 9.79. The molecule has 0 aromatic heterocycles. The number of carbonyl (C=O) groups is 2. The van der Waals surface area contributed by atoms with Gasteiger partial charge in [0.1, 0.15) is 5.75 Å². The van der Waals surface area contributed by atoms with Crippen LogP contribution in [0.3, 0.4) is 0 Å². The summed E-state index contributed by atoms with van der Waals surface area (Å²) in [5.74, 6) is 1.02. The van der Waals surface area contributed by atoms with Crippen molar-refractivity contribution in [1.29, 1.82) is 0 Å². The van der Waals surface area contributed by atoms with Crippen LogP contribution in [0.2, 0.25) is 0 Å². The lowest BCUT2D eigenvalue weighted by Crippen LogP contribution is -2.56. The molecule has 0 aliphatic heterocycles. The van der Waals surface area contributed by atoms with Crippen molar-refractivity contribution in [2.24, 2.45) is 17.3 Å². The summed E-state index contributed by atoms with van der Waals surface area (Å²) in [6, 6.07) is 7.22. The van der Waals surface area contributed by atoms with Gasteiger partial charge in [-0.15, -0.1) is 11.6 Å². The molecule has 0 spiro atoms. The van der Waals surface area contributed by atoms with Crippen LogP contribution < -0.4 is 10.1 Å². The Morgan fingerprint density at radius 2 is 1.89 bits per heavy atom. The standard InChI is InChI=1S/C21H26ClNO4/c1-2-26-17-6-4-3-5-16(17)23-18(24)12-27-19(25)20-8-14-7-15(9-20)11-21(22,10-14)13-20/h3-6,14-15H,2,7-13H2,1H3,(H,23,24)/t14-,15+,20?,21?. The van der Waals surface area contributed by atoms with E-state index < -0.39 is 5.41 Å². The van der Waals surface area contributed by atoms with Crippen LogP contribution in [0, 0.1) is 17.3 Å². The minimum absolute atomic E-state index is 0.248. The monoisotopic (exact) mass is 391 g/mol. The molecular formula is C21H26ClNO4. The van der Waals surface area contributed by atoms with Crippen LogP contribution in [0.5, 0.6) is 5.75 Å². The first-order chi connectivity index (χ1) is 12.9. The highest BCUT2D eigenvalue weighted by atomic mass is 35.5. The van der Waals surface area contributed by atoms with Crippen molar-refractivity contribution >= 4 is 29.2 Å². The summed E-state index contributed by atoms with van der Waals surface area (Å²) < 4.78 is 11.0. The van der Waals surface area contributed by atoms with Crippen LogP contribution in [0.4, 0.5) is 5.69 Å². The maximum atomic E-state index is 12.9. The van der Waals surface area contributed by atoms with Crippen molar-refractivity contribution in [3.05, 3.63) is 24.3 Å². The number of rotatable bonds is 6. The van der Waals surface area contributed by atoms with Crippen LogP contribution in [-0.2, 0) is 14.3 Å². The molecule has 4 aliphatic carbocycles. The van der Waals surface area contributed by atoms with Crippen molar-refractivity contribution < 1.29 is 19.1 Å². The Morgan fingerprint density at radius 1 is 1.19 bits per heavy atom. The van der Waals surface area contributed by atoms with Crippen LogP contribution in [0.15, 0.2) is 24.3 Å². The molecule has 5 rings (SSSR count). The smallest absolute Gasteiger partial charge is 0.312 e. The molecular weight excluding hydrogens is 366 g/mol. The highest BCUT2D eigenvalue weighted by molar-refractivity contribution is 6.24. The number of nitrogens with one attached hydrogen (secondary N) is 1. The second-order valence-electron chi connectivity index (χ2n) is 8.45. The first-order valence-corrected chi connectivity index (χ1v) is 10.2. The SMILES string of the molecule is CCOc1ccccc1NC(=O)COC(=O)C12C[C@@H]3C[C@@H](CC(Cl)(C3)C1)C2. The van der Waals surface area contributed by atoms with Gasteiger partial charge in [0, 0.05) is 4.87 Å². The van der Waals surface area contributed by atoms with E-state index in [0.29, 0.717) is 36.3 Å². The molecule has 5 nitrogen and oxygen atoms in total. The Labute approximate surface area is 164 Å². The third-order valence-electron chi connectivity index (χ3n) is 6.22. The van der Waals surface area contributed by atoms with E-state index in [1.165, 1.54) is 6.42 Å². The van der Waals surface area contributed by atoms with Gasteiger partial charge in [-0.2, -0.15) is 0 Å². The fourth-order valence-corrected chi connectivity index (χ4v) is 6.40. The van der Waals surface area contributed by atoms with Crippen LogP contribution >= 0.6 is 11.6 Å². The van der Waals surface area contributed by atoms with Gasteiger partial charge in [-0.25, -0.2) is 0 Å². The Balaban J connectivity index is 1.36. The molecule has 4 saturated carbocycles. The van der Waals surface area contributed by atoms with Crippen molar-refractivity contribution in [3.8, 4) is 5.75 Å². The van der Waals surface area contributed by atoms with E-state index in [1.54, 1.807) is 12.1 Å². The van der Waals surface area contributed by atoms with Gasteiger partial charge < -0.3 is 14.8 Å². The number of anilines is 1. The lowest BCUT2D eigenvalue weighted by atomic mass is 9.49. The second-order valence-corrected chi connectivity index (χ2v) is 9.25. The molecule has 146 valence electrons.